The van der Waals surface area contributed by atoms with Crippen molar-refractivity contribution in [3.8, 4) is 0 Å². The van der Waals surface area contributed by atoms with Crippen molar-refractivity contribution in [3.05, 3.63) is 22.3 Å². The van der Waals surface area contributed by atoms with Crippen molar-refractivity contribution in [1.82, 2.24) is 9.80 Å². The topological polar surface area (TPSA) is 23.6 Å². The van der Waals surface area contributed by atoms with Gasteiger partial charge in [-0.05, 0) is 43.5 Å². The third kappa shape index (κ3) is 5.78. The van der Waals surface area contributed by atoms with Crippen LogP contribution in [0.25, 0.3) is 0 Å². The standard InChI is InChI=1S/C16H26Br2N2O/c1-5-13(17)7-6-12(2)19(3)16(21)20(4)15-10-8-14(18)9-11-15/h7,10,12,14H,5-6,8-9,11H2,1-4H3/b13-7+. The Balaban J connectivity index is 2.60. The van der Waals surface area contributed by atoms with Gasteiger partial charge in [0.25, 0.3) is 0 Å². The monoisotopic (exact) mass is 420 g/mol. The Bertz CT molecular complexity index is 421. The second kappa shape index (κ2) is 8.99. The molecule has 2 atom stereocenters. The Labute approximate surface area is 145 Å². The van der Waals surface area contributed by atoms with E-state index >= 15 is 0 Å². The quantitative estimate of drug-likeness (QED) is 0.554. The summed E-state index contributed by atoms with van der Waals surface area (Å²) in [7, 11) is 3.76. The van der Waals surface area contributed by atoms with Crippen LogP contribution < -0.4 is 0 Å². The summed E-state index contributed by atoms with van der Waals surface area (Å²) in [4.78, 5) is 16.7. The normalized spacial score (nSPS) is 20.8. The molecule has 0 N–H and O–H groups in total. The molecule has 0 fully saturated rings. The molecule has 0 bridgehead atoms. The summed E-state index contributed by atoms with van der Waals surface area (Å²) >= 11 is 7.15. The van der Waals surface area contributed by atoms with Gasteiger partial charge in [0.1, 0.15) is 0 Å². The summed E-state index contributed by atoms with van der Waals surface area (Å²) in [5, 5.41) is 0. The van der Waals surface area contributed by atoms with E-state index in [0.717, 1.165) is 37.8 Å². The minimum absolute atomic E-state index is 0.0720. The molecule has 0 saturated heterocycles. The van der Waals surface area contributed by atoms with Gasteiger partial charge in [-0.2, -0.15) is 0 Å². The number of carbonyl (C=O) groups excluding carboxylic acids is 1. The van der Waals surface area contributed by atoms with E-state index in [1.807, 2.05) is 19.0 Å². The zero-order valence-corrected chi connectivity index (χ0v) is 16.6. The van der Waals surface area contributed by atoms with Gasteiger partial charge in [0.2, 0.25) is 0 Å². The number of rotatable bonds is 5. The fourth-order valence-electron chi connectivity index (χ4n) is 2.24. The number of amides is 2. The molecule has 2 unspecified atom stereocenters. The van der Waals surface area contributed by atoms with E-state index in [9.17, 15) is 4.79 Å². The molecule has 1 rings (SSSR count). The first kappa shape index (κ1) is 18.8. The second-order valence-electron chi connectivity index (χ2n) is 5.61. The Kier molecular flexibility index (Phi) is 8.03. The van der Waals surface area contributed by atoms with Crippen molar-refractivity contribution in [2.45, 2.75) is 56.8 Å². The lowest BCUT2D eigenvalue weighted by molar-refractivity contribution is 0.167. The smallest absolute Gasteiger partial charge is 0.323 e. The van der Waals surface area contributed by atoms with Crippen LogP contribution in [0.1, 0.15) is 46.0 Å². The van der Waals surface area contributed by atoms with E-state index < -0.39 is 0 Å². The van der Waals surface area contributed by atoms with E-state index in [1.165, 1.54) is 4.48 Å². The molecule has 0 aromatic rings. The first-order chi connectivity index (χ1) is 9.86. The van der Waals surface area contributed by atoms with Crippen LogP contribution in [0.15, 0.2) is 22.3 Å². The molecule has 2 amide bonds. The minimum atomic E-state index is 0.0720. The zero-order chi connectivity index (χ0) is 16.0. The number of hydrogen-bond acceptors (Lipinski definition) is 1. The van der Waals surface area contributed by atoms with E-state index in [1.54, 1.807) is 4.90 Å². The number of halogens is 2. The van der Waals surface area contributed by atoms with E-state index in [2.05, 4.69) is 57.9 Å². The van der Waals surface area contributed by atoms with E-state index in [4.69, 9.17) is 0 Å². The van der Waals surface area contributed by atoms with Crippen LogP contribution in [0.2, 0.25) is 0 Å². The Hall–Kier alpha value is -0.290. The minimum Gasteiger partial charge on any atom is -0.324 e. The molecule has 0 aromatic carbocycles. The number of carbonyl (C=O) groups is 1. The molecule has 0 spiro atoms. The van der Waals surface area contributed by atoms with Crippen molar-refractivity contribution in [2.75, 3.05) is 14.1 Å². The third-order valence-corrected chi connectivity index (χ3v) is 5.74. The first-order valence-electron chi connectivity index (χ1n) is 7.54. The molecular formula is C16H26Br2N2O. The molecule has 0 aromatic heterocycles. The predicted octanol–water partition coefficient (Wildman–Crippen LogP) is 5.27. The molecule has 0 saturated carbocycles. The van der Waals surface area contributed by atoms with Gasteiger partial charge in [-0.3, -0.25) is 0 Å². The lowest BCUT2D eigenvalue weighted by atomic mass is 10.0. The molecule has 5 heteroatoms. The second-order valence-corrected chi connectivity index (χ2v) is 7.92. The van der Waals surface area contributed by atoms with Crippen molar-refractivity contribution < 1.29 is 4.79 Å². The van der Waals surface area contributed by atoms with Crippen molar-refractivity contribution >= 4 is 37.9 Å². The van der Waals surface area contributed by atoms with Crippen LogP contribution in [0.3, 0.4) is 0 Å². The van der Waals surface area contributed by atoms with Crippen LogP contribution in [0.4, 0.5) is 4.79 Å². The summed E-state index contributed by atoms with van der Waals surface area (Å²) in [6.45, 7) is 4.20. The van der Waals surface area contributed by atoms with Gasteiger partial charge in [0.05, 0.1) is 0 Å². The number of allylic oxidation sites excluding steroid dienone is 3. The van der Waals surface area contributed by atoms with Crippen LogP contribution in [0.5, 0.6) is 0 Å². The molecule has 21 heavy (non-hydrogen) atoms. The molecule has 0 heterocycles. The fourth-order valence-corrected chi connectivity index (χ4v) is 2.84. The largest absolute Gasteiger partial charge is 0.324 e. The molecule has 120 valence electrons. The van der Waals surface area contributed by atoms with Gasteiger partial charge in [-0.1, -0.05) is 50.9 Å². The average molecular weight is 422 g/mol. The summed E-state index contributed by atoms with van der Waals surface area (Å²) in [6, 6.07) is 0.259. The van der Waals surface area contributed by atoms with Gasteiger partial charge in [-0.25, -0.2) is 4.79 Å². The van der Waals surface area contributed by atoms with E-state index in [-0.39, 0.29) is 12.1 Å². The Morgan fingerprint density at radius 2 is 2.19 bits per heavy atom. The van der Waals surface area contributed by atoms with Crippen LogP contribution in [-0.2, 0) is 0 Å². The lowest BCUT2D eigenvalue weighted by Crippen LogP contribution is -2.43. The predicted molar refractivity (Wildman–Crippen MR) is 97.0 cm³/mol. The molecule has 1 aliphatic carbocycles. The summed E-state index contributed by atoms with van der Waals surface area (Å²) in [5.41, 5.74) is 1.14. The number of urea groups is 1. The Morgan fingerprint density at radius 3 is 2.71 bits per heavy atom. The highest BCUT2D eigenvalue weighted by Gasteiger charge is 2.23. The molecular weight excluding hydrogens is 396 g/mol. The SMILES string of the molecule is CC/C(Br)=C\CC(C)N(C)C(=O)N(C)C1=CCC(Br)CC1. The number of hydrogen-bond donors (Lipinski definition) is 0. The highest BCUT2D eigenvalue weighted by molar-refractivity contribution is 9.11. The summed E-state index contributed by atoms with van der Waals surface area (Å²) in [6.07, 6.45) is 9.24. The first-order valence-corrected chi connectivity index (χ1v) is 9.25. The van der Waals surface area contributed by atoms with Crippen molar-refractivity contribution in [3.63, 3.8) is 0 Å². The zero-order valence-electron chi connectivity index (χ0n) is 13.4. The molecule has 1 aliphatic rings. The van der Waals surface area contributed by atoms with Gasteiger partial charge in [-0.15, -0.1) is 0 Å². The highest BCUT2D eigenvalue weighted by atomic mass is 79.9. The number of nitrogens with zero attached hydrogens (tertiary/aromatic N) is 2. The van der Waals surface area contributed by atoms with Crippen molar-refractivity contribution in [1.29, 1.82) is 0 Å². The Morgan fingerprint density at radius 1 is 1.52 bits per heavy atom. The van der Waals surface area contributed by atoms with Gasteiger partial charge in [0, 0.05) is 30.7 Å². The maximum atomic E-state index is 12.5. The van der Waals surface area contributed by atoms with Crippen LogP contribution >= 0.6 is 31.9 Å². The summed E-state index contributed by atoms with van der Waals surface area (Å²) < 4.78 is 1.20. The third-order valence-electron chi connectivity index (χ3n) is 4.02. The maximum Gasteiger partial charge on any atom is 0.323 e. The highest BCUT2D eigenvalue weighted by Crippen LogP contribution is 2.26. The maximum absolute atomic E-state index is 12.5. The van der Waals surface area contributed by atoms with Gasteiger partial charge < -0.3 is 9.80 Å². The number of alkyl halides is 1. The molecule has 0 aliphatic heterocycles. The van der Waals surface area contributed by atoms with Crippen molar-refractivity contribution in [2.24, 2.45) is 0 Å². The van der Waals surface area contributed by atoms with Gasteiger partial charge in [0.15, 0.2) is 0 Å². The van der Waals surface area contributed by atoms with E-state index in [0.29, 0.717) is 4.83 Å². The van der Waals surface area contributed by atoms with Crippen LogP contribution in [0, 0.1) is 0 Å². The fraction of sp³-hybridized carbons (Fsp3) is 0.688. The lowest BCUT2D eigenvalue weighted by Gasteiger charge is -2.32. The molecule has 0 radical (unpaired) electrons. The molecule has 3 nitrogen and oxygen atoms in total. The van der Waals surface area contributed by atoms with Crippen LogP contribution in [-0.4, -0.2) is 40.8 Å². The summed E-state index contributed by atoms with van der Waals surface area (Å²) in [5.74, 6) is 0. The van der Waals surface area contributed by atoms with Gasteiger partial charge >= 0.3 is 6.03 Å². The average Bonchev–Trinajstić information content (AvgIpc) is 2.50.